The van der Waals surface area contributed by atoms with E-state index in [0.717, 1.165) is 25.6 Å². The Morgan fingerprint density at radius 1 is 1.32 bits per heavy atom. The number of hydrogen-bond donors (Lipinski definition) is 1. The molecule has 1 heterocycles. The normalized spacial score (nSPS) is 16.9. The summed E-state index contributed by atoms with van der Waals surface area (Å²) in [6.07, 6.45) is 7.51. The number of ether oxygens (including phenoxy) is 1. The molecule has 0 atom stereocenters. The summed E-state index contributed by atoms with van der Waals surface area (Å²) in [4.78, 5) is 2.56. The molecule has 1 aliphatic rings. The van der Waals surface area contributed by atoms with E-state index in [2.05, 4.69) is 30.1 Å². The van der Waals surface area contributed by atoms with Gasteiger partial charge in [-0.3, -0.25) is 4.90 Å². The van der Waals surface area contributed by atoms with E-state index >= 15 is 0 Å². The number of rotatable bonds is 10. The van der Waals surface area contributed by atoms with Gasteiger partial charge in [0.15, 0.2) is 0 Å². The number of hydrogen-bond acceptors (Lipinski definition) is 3. The third-order valence-corrected chi connectivity index (χ3v) is 3.60. The highest BCUT2D eigenvalue weighted by Crippen LogP contribution is 2.11. The van der Waals surface area contributed by atoms with Gasteiger partial charge in [-0.2, -0.15) is 0 Å². The van der Waals surface area contributed by atoms with Crippen LogP contribution in [-0.2, 0) is 4.74 Å². The number of nitrogens with zero attached hydrogens (tertiary/aromatic N) is 1. The van der Waals surface area contributed by atoms with Crippen molar-refractivity contribution in [2.24, 2.45) is 5.92 Å². The molecule has 1 aliphatic heterocycles. The highest BCUT2D eigenvalue weighted by Gasteiger charge is 2.10. The molecule has 0 aromatic heterocycles. The van der Waals surface area contributed by atoms with E-state index in [9.17, 15) is 0 Å². The molecular weight excluding hydrogens is 236 g/mol. The summed E-state index contributed by atoms with van der Waals surface area (Å²) in [5.41, 5.74) is 1.47. The Hall–Kier alpha value is -0.380. The van der Waals surface area contributed by atoms with Crippen LogP contribution in [0.2, 0.25) is 0 Å². The van der Waals surface area contributed by atoms with E-state index < -0.39 is 0 Å². The molecule has 0 saturated heterocycles. The SMILES string of the molecule is COCC1=CCN(CCCCCNCC(C)C)CC1. The Morgan fingerprint density at radius 2 is 2.16 bits per heavy atom. The molecule has 0 radical (unpaired) electrons. The Labute approximate surface area is 119 Å². The number of methoxy groups -OCH3 is 1. The summed E-state index contributed by atoms with van der Waals surface area (Å²) in [6.45, 7) is 11.2. The minimum absolute atomic E-state index is 0.765. The van der Waals surface area contributed by atoms with Crippen molar-refractivity contribution >= 4 is 0 Å². The monoisotopic (exact) mass is 268 g/mol. The molecule has 1 N–H and O–H groups in total. The molecule has 1 rings (SSSR count). The van der Waals surface area contributed by atoms with Gasteiger partial charge < -0.3 is 10.1 Å². The van der Waals surface area contributed by atoms with Crippen molar-refractivity contribution < 1.29 is 4.74 Å². The highest BCUT2D eigenvalue weighted by atomic mass is 16.5. The molecule has 0 spiro atoms. The first-order valence-corrected chi connectivity index (χ1v) is 7.82. The average Bonchev–Trinajstić information content (AvgIpc) is 2.39. The number of unbranched alkanes of at least 4 members (excludes halogenated alkanes) is 2. The fraction of sp³-hybridized carbons (Fsp3) is 0.875. The Morgan fingerprint density at radius 3 is 2.79 bits per heavy atom. The van der Waals surface area contributed by atoms with Crippen molar-refractivity contribution in [2.75, 3.05) is 46.4 Å². The lowest BCUT2D eigenvalue weighted by Gasteiger charge is -2.26. The van der Waals surface area contributed by atoms with Crippen LogP contribution in [0, 0.1) is 5.92 Å². The largest absolute Gasteiger partial charge is 0.380 e. The molecule has 0 fully saturated rings. The van der Waals surface area contributed by atoms with Crippen molar-refractivity contribution in [3.63, 3.8) is 0 Å². The Bertz CT molecular complexity index is 251. The van der Waals surface area contributed by atoms with Crippen molar-refractivity contribution in [3.8, 4) is 0 Å². The lowest BCUT2D eigenvalue weighted by atomic mass is 10.1. The fourth-order valence-electron chi connectivity index (χ4n) is 2.43. The van der Waals surface area contributed by atoms with Gasteiger partial charge in [-0.05, 0) is 50.4 Å². The molecule has 112 valence electrons. The average molecular weight is 268 g/mol. The van der Waals surface area contributed by atoms with E-state index in [4.69, 9.17) is 4.74 Å². The van der Waals surface area contributed by atoms with Gasteiger partial charge in [-0.1, -0.05) is 26.3 Å². The van der Waals surface area contributed by atoms with Gasteiger partial charge in [0.2, 0.25) is 0 Å². The third kappa shape index (κ3) is 8.40. The lowest BCUT2D eigenvalue weighted by molar-refractivity contribution is 0.211. The third-order valence-electron chi connectivity index (χ3n) is 3.60. The molecule has 0 aromatic rings. The van der Waals surface area contributed by atoms with Crippen molar-refractivity contribution in [1.82, 2.24) is 10.2 Å². The topological polar surface area (TPSA) is 24.5 Å². The first kappa shape index (κ1) is 16.7. The molecule has 0 saturated carbocycles. The maximum absolute atomic E-state index is 5.18. The van der Waals surface area contributed by atoms with E-state index in [1.165, 1.54) is 50.9 Å². The van der Waals surface area contributed by atoms with Gasteiger partial charge in [0.05, 0.1) is 6.61 Å². The first-order chi connectivity index (χ1) is 9.22. The van der Waals surface area contributed by atoms with Crippen LogP contribution in [0.3, 0.4) is 0 Å². The zero-order valence-electron chi connectivity index (χ0n) is 13.1. The quantitative estimate of drug-likeness (QED) is 0.487. The van der Waals surface area contributed by atoms with Gasteiger partial charge in [-0.15, -0.1) is 0 Å². The maximum atomic E-state index is 5.18. The van der Waals surface area contributed by atoms with Gasteiger partial charge in [0, 0.05) is 20.2 Å². The molecule has 0 aromatic carbocycles. The van der Waals surface area contributed by atoms with Crippen LogP contribution in [0.4, 0.5) is 0 Å². The molecule has 0 aliphatic carbocycles. The molecular formula is C16H32N2O. The molecule has 3 nitrogen and oxygen atoms in total. The Balaban J connectivity index is 1.93. The fourth-order valence-corrected chi connectivity index (χ4v) is 2.43. The molecule has 3 heteroatoms. The van der Waals surface area contributed by atoms with Crippen LogP contribution in [0.5, 0.6) is 0 Å². The summed E-state index contributed by atoms with van der Waals surface area (Å²) in [5, 5.41) is 3.51. The summed E-state index contributed by atoms with van der Waals surface area (Å²) in [5.74, 6) is 0.765. The predicted molar refractivity (Wildman–Crippen MR) is 82.6 cm³/mol. The van der Waals surface area contributed by atoms with Crippen LogP contribution < -0.4 is 5.32 Å². The van der Waals surface area contributed by atoms with Crippen LogP contribution in [-0.4, -0.2) is 51.3 Å². The second-order valence-electron chi connectivity index (χ2n) is 6.00. The van der Waals surface area contributed by atoms with Crippen molar-refractivity contribution in [2.45, 2.75) is 39.5 Å². The van der Waals surface area contributed by atoms with Gasteiger partial charge in [0.25, 0.3) is 0 Å². The zero-order valence-corrected chi connectivity index (χ0v) is 13.1. The van der Waals surface area contributed by atoms with E-state index in [1.807, 2.05) is 0 Å². The zero-order chi connectivity index (χ0) is 13.9. The lowest BCUT2D eigenvalue weighted by Crippen LogP contribution is -2.30. The summed E-state index contributed by atoms with van der Waals surface area (Å²) in [7, 11) is 1.78. The van der Waals surface area contributed by atoms with E-state index in [-0.39, 0.29) is 0 Å². The predicted octanol–water partition coefficient (Wildman–Crippen LogP) is 2.68. The second kappa shape index (κ2) is 10.4. The summed E-state index contributed by atoms with van der Waals surface area (Å²) < 4.78 is 5.18. The van der Waals surface area contributed by atoms with E-state index in [1.54, 1.807) is 7.11 Å². The molecule has 0 bridgehead atoms. The minimum Gasteiger partial charge on any atom is -0.380 e. The van der Waals surface area contributed by atoms with E-state index in [0.29, 0.717) is 0 Å². The summed E-state index contributed by atoms with van der Waals surface area (Å²) >= 11 is 0. The molecule has 0 unspecified atom stereocenters. The Kier molecular flexibility index (Phi) is 9.14. The molecule has 0 amide bonds. The summed E-state index contributed by atoms with van der Waals surface area (Å²) in [6, 6.07) is 0. The van der Waals surface area contributed by atoms with Gasteiger partial charge in [0.1, 0.15) is 0 Å². The van der Waals surface area contributed by atoms with Crippen LogP contribution in [0.1, 0.15) is 39.5 Å². The van der Waals surface area contributed by atoms with Gasteiger partial charge in [-0.25, -0.2) is 0 Å². The van der Waals surface area contributed by atoms with Crippen LogP contribution in [0.25, 0.3) is 0 Å². The second-order valence-corrected chi connectivity index (χ2v) is 6.00. The standard InChI is InChI=1S/C16H32N2O/c1-15(2)13-17-9-5-4-6-10-18-11-7-16(8-12-18)14-19-3/h7,15,17H,4-6,8-14H2,1-3H3. The first-order valence-electron chi connectivity index (χ1n) is 7.82. The molecule has 19 heavy (non-hydrogen) atoms. The van der Waals surface area contributed by atoms with Crippen molar-refractivity contribution in [3.05, 3.63) is 11.6 Å². The number of nitrogens with one attached hydrogen (secondary N) is 1. The van der Waals surface area contributed by atoms with Crippen molar-refractivity contribution in [1.29, 1.82) is 0 Å². The smallest absolute Gasteiger partial charge is 0.0673 e. The van der Waals surface area contributed by atoms with Crippen LogP contribution in [0.15, 0.2) is 11.6 Å². The maximum Gasteiger partial charge on any atom is 0.0673 e. The highest BCUT2D eigenvalue weighted by molar-refractivity contribution is 5.07. The van der Waals surface area contributed by atoms with Gasteiger partial charge >= 0.3 is 0 Å². The minimum atomic E-state index is 0.765. The van der Waals surface area contributed by atoms with Crippen LogP contribution >= 0.6 is 0 Å².